The van der Waals surface area contributed by atoms with Gasteiger partial charge in [-0.15, -0.1) is 0 Å². The molecule has 4 rings (SSSR count). The number of hydrogen-bond acceptors (Lipinski definition) is 3. The topological polar surface area (TPSA) is 75.0 Å². The average Bonchev–Trinajstić information content (AvgIpc) is 3.20. The van der Waals surface area contributed by atoms with Crippen LogP contribution in [0.3, 0.4) is 0 Å². The molecule has 0 spiro atoms. The molecule has 2 fully saturated rings. The number of nitrogens with one attached hydrogen (secondary N) is 1. The first-order valence-electron chi connectivity index (χ1n) is 8.80. The van der Waals surface area contributed by atoms with E-state index in [9.17, 15) is 4.79 Å². The lowest BCUT2D eigenvalue weighted by Gasteiger charge is -2.34. The third kappa shape index (κ3) is 2.96. The number of likely N-dealkylation sites (tertiary alicyclic amines) is 1. The van der Waals surface area contributed by atoms with Crippen LogP contribution < -0.4 is 5.73 Å². The quantitative estimate of drug-likeness (QED) is 0.905. The molecule has 1 saturated heterocycles. The number of carbonyl (C=O) groups is 1. The summed E-state index contributed by atoms with van der Waals surface area (Å²) in [5.74, 6) is 0.461. The molecule has 1 atom stereocenters. The summed E-state index contributed by atoms with van der Waals surface area (Å²) in [4.78, 5) is 14.5. The van der Waals surface area contributed by atoms with E-state index in [4.69, 9.17) is 5.73 Å². The molecule has 0 bridgehead atoms. The van der Waals surface area contributed by atoms with Gasteiger partial charge in [0.25, 0.3) is 0 Å². The number of H-pyrrole nitrogens is 1. The minimum atomic E-state index is -0.567. The standard InChI is InChI=1S/C19H24N4O/c20-19(8-9-19)18(24)23-10-4-7-15(13-23)17-16(12-21-22-17)11-14-5-2-1-3-6-14/h1-3,5-6,12,15H,4,7-11,13,20H2,(H,21,22)/t15-/m1/s1. The molecule has 1 aliphatic carbocycles. The van der Waals surface area contributed by atoms with Crippen LogP contribution in [-0.4, -0.2) is 39.6 Å². The molecule has 1 amide bonds. The maximum Gasteiger partial charge on any atom is 0.242 e. The number of piperidine rings is 1. The van der Waals surface area contributed by atoms with Crippen molar-refractivity contribution < 1.29 is 4.79 Å². The molecule has 2 heterocycles. The Labute approximate surface area is 142 Å². The highest BCUT2D eigenvalue weighted by atomic mass is 16.2. The van der Waals surface area contributed by atoms with Crippen LogP contribution in [0.5, 0.6) is 0 Å². The summed E-state index contributed by atoms with van der Waals surface area (Å²) in [6.45, 7) is 1.58. The third-order valence-corrected chi connectivity index (χ3v) is 5.32. The summed E-state index contributed by atoms with van der Waals surface area (Å²) in [7, 11) is 0. The molecule has 0 radical (unpaired) electrons. The van der Waals surface area contributed by atoms with Crippen LogP contribution in [0.25, 0.3) is 0 Å². The van der Waals surface area contributed by atoms with E-state index in [0.29, 0.717) is 5.92 Å². The Kier molecular flexibility index (Phi) is 3.88. The predicted octanol–water partition coefficient (Wildman–Crippen LogP) is 2.20. The number of rotatable bonds is 4. The van der Waals surface area contributed by atoms with Gasteiger partial charge >= 0.3 is 0 Å². The zero-order valence-electron chi connectivity index (χ0n) is 13.9. The first-order chi connectivity index (χ1) is 11.7. The van der Waals surface area contributed by atoms with Gasteiger partial charge in [-0.2, -0.15) is 5.10 Å². The predicted molar refractivity (Wildman–Crippen MR) is 92.5 cm³/mol. The summed E-state index contributed by atoms with van der Waals surface area (Å²) < 4.78 is 0. The molecule has 1 saturated carbocycles. The van der Waals surface area contributed by atoms with Crippen LogP contribution >= 0.6 is 0 Å². The van der Waals surface area contributed by atoms with Gasteiger partial charge in [-0.25, -0.2) is 0 Å². The van der Waals surface area contributed by atoms with Crippen molar-refractivity contribution >= 4 is 5.91 Å². The minimum Gasteiger partial charge on any atom is -0.340 e. The van der Waals surface area contributed by atoms with Crippen molar-refractivity contribution in [1.82, 2.24) is 15.1 Å². The summed E-state index contributed by atoms with van der Waals surface area (Å²) in [5.41, 5.74) is 9.23. The molecule has 2 aromatic rings. The molecule has 1 aromatic carbocycles. The Hall–Kier alpha value is -2.14. The van der Waals surface area contributed by atoms with Gasteiger partial charge in [-0.3, -0.25) is 9.89 Å². The fourth-order valence-corrected chi connectivity index (χ4v) is 3.69. The summed E-state index contributed by atoms with van der Waals surface area (Å²) in [6.07, 6.45) is 6.57. The average molecular weight is 324 g/mol. The van der Waals surface area contributed by atoms with Crippen molar-refractivity contribution in [2.24, 2.45) is 5.73 Å². The van der Waals surface area contributed by atoms with Gasteiger partial charge in [0.1, 0.15) is 0 Å². The molecular formula is C19H24N4O. The third-order valence-electron chi connectivity index (χ3n) is 5.32. The van der Waals surface area contributed by atoms with E-state index in [1.54, 1.807) is 0 Å². The van der Waals surface area contributed by atoms with Gasteiger partial charge in [0, 0.05) is 31.1 Å². The number of aromatic nitrogens is 2. The summed E-state index contributed by atoms with van der Waals surface area (Å²) in [5, 5.41) is 7.46. The Balaban J connectivity index is 1.49. The molecule has 126 valence electrons. The molecular weight excluding hydrogens is 300 g/mol. The van der Waals surface area contributed by atoms with E-state index in [-0.39, 0.29) is 5.91 Å². The molecule has 5 heteroatoms. The van der Waals surface area contributed by atoms with Crippen LogP contribution in [0.1, 0.15) is 48.4 Å². The van der Waals surface area contributed by atoms with Crippen molar-refractivity contribution in [3.8, 4) is 0 Å². The minimum absolute atomic E-state index is 0.135. The Morgan fingerprint density at radius 1 is 1.33 bits per heavy atom. The highest BCUT2D eigenvalue weighted by molar-refractivity contribution is 5.89. The number of amides is 1. The van der Waals surface area contributed by atoms with E-state index in [1.165, 1.54) is 16.8 Å². The highest BCUT2D eigenvalue weighted by Gasteiger charge is 2.48. The van der Waals surface area contributed by atoms with Crippen LogP contribution in [0, 0.1) is 0 Å². The first kappa shape index (κ1) is 15.4. The van der Waals surface area contributed by atoms with E-state index in [1.807, 2.05) is 17.2 Å². The fourth-order valence-electron chi connectivity index (χ4n) is 3.69. The van der Waals surface area contributed by atoms with Crippen molar-refractivity contribution in [2.45, 2.75) is 43.6 Å². The molecule has 2 aliphatic rings. The van der Waals surface area contributed by atoms with Crippen molar-refractivity contribution in [1.29, 1.82) is 0 Å². The number of carbonyl (C=O) groups excluding carboxylic acids is 1. The van der Waals surface area contributed by atoms with Crippen molar-refractivity contribution in [2.75, 3.05) is 13.1 Å². The molecule has 3 N–H and O–H groups in total. The second kappa shape index (κ2) is 6.06. The number of aromatic amines is 1. The van der Waals surface area contributed by atoms with Gasteiger partial charge in [0.05, 0.1) is 11.7 Å². The lowest BCUT2D eigenvalue weighted by Crippen LogP contribution is -2.49. The van der Waals surface area contributed by atoms with E-state index < -0.39 is 5.54 Å². The molecule has 1 aliphatic heterocycles. The number of hydrogen-bond donors (Lipinski definition) is 2. The van der Waals surface area contributed by atoms with Gasteiger partial charge in [0.2, 0.25) is 5.91 Å². The van der Waals surface area contributed by atoms with E-state index in [0.717, 1.165) is 45.2 Å². The molecule has 24 heavy (non-hydrogen) atoms. The maximum absolute atomic E-state index is 12.5. The maximum atomic E-state index is 12.5. The van der Waals surface area contributed by atoms with Crippen LogP contribution in [0.15, 0.2) is 36.5 Å². The van der Waals surface area contributed by atoms with Crippen LogP contribution in [-0.2, 0) is 11.2 Å². The normalized spacial score (nSPS) is 22.4. The fraction of sp³-hybridized carbons (Fsp3) is 0.474. The largest absolute Gasteiger partial charge is 0.340 e. The first-order valence-corrected chi connectivity index (χ1v) is 8.80. The SMILES string of the molecule is NC1(C(=O)N2CCC[C@@H](c3[nH]ncc3Cc3ccccc3)C2)CC1. The molecule has 1 aromatic heterocycles. The lowest BCUT2D eigenvalue weighted by molar-refractivity contribution is -0.134. The summed E-state index contributed by atoms with van der Waals surface area (Å²) >= 11 is 0. The molecule has 5 nitrogen and oxygen atoms in total. The zero-order chi connectivity index (χ0) is 16.6. The lowest BCUT2D eigenvalue weighted by atomic mass is 9.90. The zero-order valence-corrected chi connectivity index (χ0v) is 13.9. The van der Waals surface area contributed by atoms with Crippen molar-refractivity contribution in [3.05, 3.63) is 53.3 Å². The van der Waals surface area contributed by atoms with Gasteiger partial charge in [-0.05, 0) is 36.8 Å². The number of benzene rings is 1. The summed E-state index contributed by atoms with van der Waals surface area (Å²) in [6, 6.07) is 10.4. The van der Waals surface area contributed by atoms with Crippen LogP contribution in [0.2, 0.25) is 0 Å². The van der Waals surface area contributed by atoms with Crippen molar-refractivity contribution in [3.63, 3.8) is 0 Å². The van der Waals surface area contributed by atoms with Gasteiger partial charge < -0.3 is 10.6 Å². The van der Waals surface area contributed by atoms with Crippen LogP contribution in [0.4, 0.5) is 0 Å². The Morgan fingerprint density at radius 2 is 2.12 bits per heavy atom. The highest BCUT2D eigenvalue weighted by Crippen LogP contribution is 2.36. The number of nitrogens with zero attached hydrogens (tertiary/aromatic N) is 2. The van der Waals surface area contributed by atoms with Gasteiger partial charge in [-0.1, -0.05) is 30.3 Å². The Bertz CT molecular complexity index is 720. The number of nitrogens with two attached hydrogens (primary N) is 1. The van der Waals surface area contributed by atoms with E-state index in [2.05, 4.69) is 34.5 Å². The van der Waals surface area contributed by atoms with Gasteiger partial charge in [0.15, 0.2) is 0 Å². The second-order valence-corrected chi connectivity index (χ2v) is 7.22. The second-order valence-electron chi connectivity index (χ2n) is 7.22. The Morgan fingerprint density at radius 3 is 2.88 bits per heavy atom. The monoisotopic (exact) mass is 324 g/mol. The molecule has 0 unspecified atom stereocenters. The van der Waals surface area contributed by atoms with E-state index >= 15 is 0 Å². The smallest absolute Gasteiger partial charge is 0.242 e.